The van der Waals surface area contributed by atoms with Crippen LogP contribution in [0.15, 0.2) is 18.2 Å². The predicted octanol–water partition coefficient (Wildman–Crippen LogP) is 4.34. The number of hydrogen-bond acceptors (Lipinski definition) is 3. The highest BCUT2D eigenvalue weighted by Crippen LogP contribution is 2.24. The van der Waals surface area contributed by atoms with Crippen LogP contribution in [0, 0.1) is 12.3 Å². The summed E-state index contributed by atoms with van der Waals surface area (Å²) in [6.07, 6.45) is 4.28. The van der Waals surface area contributed by atoms with Gasteiger partial charge in [0, 0.05) is 37.5 Å². The Morgan fingerprint density at radius 3 is 2.26 bits per heavy atom. The molecule has 5 heteroatoms. The molecule has 1 rings (SSSR count). The van der Waals surface area contributed by atoms with Crippen LogP contribution in [0.25, 0.3) is 4.98 Å². The maximum absolute atomic E-state index is 12.6. The fourth-order valence-corrected chi connectivity index (χ4v) is 2.44. The van der Waals surface area contributed by atoms with Gasteiger partial charge in [0.15, 0.2) is 4.98 Å². The number of unbranched alkanes of at least 4 members (excludes halogenated alkanes) is 2. The van der Waals surface area contributed by atoms with Crippen molar-refractivity contribution in [2.45, 2.75) is 46.5 Å². The number of carbonyl (C=O) groups is 1. The Kier molecular flexibility index (Phi) is 8.10. The van der Waals surface area contributed by atoms with E-state index in [9.17, 15) is 4.79 Å². The topological polar surface area (TPSA) is 51.7 Å². The van der Waals surface area contributed by atoms with E-state index in [4.69, 9.17) is 5.39 Å². The average molecular weight is 317 g/mol. The SMILES string of the molecule is CCCCN(CCCC)C(=O)CN(C)c1ccc([N+]#N)c(C)c1. The van der Waals surface area contributed by atoms with Gasteiger partial charge >= 0.3 is 5.69 Å². The van der Waals surface area contributed by atoms with Crippen molar-refractivity contribution in [1.82, 2.24) is 4.90 Å². The van der Waals surface area contributed by atoms with Crippen molar-refractivity contribution in [3.63, 3.8) is 0 Å². The molecule has 0 atom stereocenters. The number of amides is 1. The van der Waals surface area contributed by atoms with Gasteiger partial charge in [0.05, 0.1) is 6.54 Å². The van der Waals surface area contributed by atoms with E-state index in [2.05, 4.69) is 18.8 Å². The largest absolute Gasteiger partial charge is 0.388 e. The van der Waals surface area contributed by atoms with Gasteiger partial charge in [-0.2, -0.15) is 0 Å². The van der Waals surface area contributed by atoms with Crippen LogP contribution in [0.2, 0.25) is 0 Å². The number of benzene rings is 1. The van der Waals surface area contributed by atoms with Gasteiger partial charge in [-0.1, -0.05) is 26.7 Å². The summed E-state index contributed by atoms with van der Waals surface area (Å²) in [5.74, 6) is 0.169. The maximum atomic E-state index is 12.6. The summed E-state index contributed by atoms with van der Waals surface area (Å²) in [5.41, 5.74) is 2.40. The molecule has 0 aliphatic carbocycles. The van der Waals surface area contributed by atoms with Crippen LogP contribution in [-0.2, 0) is 4.79 Å². The molecule has 0 unspecified atom stereocenters. The second-order valence-electron chi connectivity index (χ2n) is 6.01. The second-order valence-corrected chi connectivity index (χ2v) is 6.01. The highest BCUT2D eigenvalue weighted by Gasteiger charge is 2.17. The molecule has 0 spiro atoms. The molecular formula is C18H29N4O+. The van der Waals surface area contributed by atoms with Crippen molar-refractivity contribution in [2.24, 2.45) is 0 Å². The summed E-state index contributed by atoms with van der Waals surface area (Å²) in [4.78, 5) is 19.7. The van der Waals surface area contributed by atoms with Crippen LogP contribution in [0.3, 0.4) is 0 Å². The first kappa shape index (κ1) is 19.0. The number of rotatable bonds is 9. The van der Waals surface area contributed by atoms with E-state index < -0.39 is 0 Å². The second kappa shape index (κ2) is 9.83. The lowest BCUT2D eigenvalue weighted by molar-refractivity contribution is -0.129. The Morgan fingerprint density at radius 2 is 1.78 bits per heavy atom. The first-order valence-corrected chi connectivity index (χ1v) is 8.48. The van der Waals surface area contributed by atoms with Gasteiger partial charge in [-0.15, -0.1) is 0 Å². The molecule has 0 radical (unpaired) electrons. The highest BCUT2D eigenvalue weighted by atomic mass is 16.2. The van der Waals surface area contributed by atoms with E-state index in [1.54, 1.807) is 6.07 Å². The first-order valence-electron chi connectivity index (χ1n) is 8.48. The number of diazo groups is 1. The molecule has 126 valence electrons. The summed E-state index contributed by atoms with van der Waals surface area (Å²) in [7, 11) is 1.92. The summed E-state index contributed by atoms with van der Waals surface area (Å²) in [6.45, 7) is 8.22. The Labute approximate surface area is 139 Å². The zero-order chi connectivity index (χ0) is 17.2. The molecule has 0 N–H and O–H groups in total. The number of carbonyl (C=O) groups excluding carboxylic acids is 1. The van der Waals surface area contributed by atoms with Crippen LogP contribution in [0.4, 0.5) is 11.4 Å². The van der Waals surface area contributed by atoms with Crippen molar-refractivity contribution in [1.29, 1.82) is 5.39 Å². The van der Waals surface area contributed by atoms with E-state index >= 15 is 0 Å². The lowest BCUT2D eigenvalue weighted by Gasteiger charge is -2.26. The van der Waals surface area contributed by atoms with Crippen LogP contribution in [0.5, 0.6) is 0 Å². The maximum Gasteiger partial charge on any atom is 0.388 e. The third-order valence-corrected chi connectivity index (χ3v) is 4.02. The molecule has 1 aromatic rings. The van der Waals surface area contributed by atoms with Crippen molar-refractivity contribution >= 4 is 17.3 Å². The average Bonchev–Trinajstić information content (AvgIpc) is 2.54. The molecule has 1 aromatic carbocycles. The van der Waals surface area contributed by atoms with Gasteiger partial charge in [0.2, 0.25) is 11.3 Å². The highest BCUT2D eigenvalue weighted by molar-refractivity contribution is 5.81. The summed E-state index contributed by atoms with van der Waals surface area (Å²) < 4.78 is 0. The molecule has 0 saturated carbocycles. The van der Waals surface area contributed by atoms with Gasteiger partial charge < -0.3 is 9.80 Å². The Balaban J connectivity index is 2.72. The standard InChI is InChI=1S/C18H29N4O/c1-5-7-11-22(12-8-6-2)18(23)14-21(4)16-9-10-17(20-19)15(3)13-16/h9-10,13H,5-8,11-12,14H2,1-4H3/q+1. The number of likely N-dealkylation sites (N-methyl/N-ethyl adjacent to an activating group) is 1. The number of hydrogen-bond donors (Lipinski definition) is 0. The van der Waals surface area contributed by atoms with E-state index in [0.29, 0.717) is 12.2 Å². The van der Waals surface area contributed by atoms with E-state index in [-0.39, 0.29) is 5.91 Å². The number of aryl methyl sites for hydroxylation is 1. The van der Waals surface area contributed by atoms with Crippen LogP contribution < -0.4 is 4.90 Å². The molecule has 1 amide bonds. The molecule has 0 fully saturated rings. The van der Waals surface area contributed by atoms with E-state index in [1.165, 1.54) is 0 Å². The molecule has 0 saturated heterocycles. The Bertz CT molecular complexity index is 542. The Morgan fingerprint density at radius 1 is 1.17 bits per heavy atom. The molecule has 0 bridgehead atoms. The summed E-state index contributed by atoms with van der Waals surface area (Å²) >= 11 is 0. The van der Waals surface area contributed by atoms with Crippen molar-refractivity contribution in [2.75, 3.05) is 31.6 Å². The minimum atomic E-state index is 0.169. The zero-order valence-electron chi connectivity index (χ0n) is 14.9. The third kappa shape index (κ3) is 5.90. The van der Waals surface area contributed by atoms with E-state index in [0.717, 1.165) is 50.0 Å². The molecule has 0 heterocycles. The number of nitrogens with zero attached hydrogens (tertiary/aromatic N) is 4. The third-order valence-electron chi connectivity index (χ3n) is 4.02. The van der Waals surface area contributed by atoms with Crippen LogP contribution in [0.1, 0.15) is 45.1 Å². The summed E-state index contributed by atoms with van der Waals surface area (Å²) in [5, 5.41) is 8.88. The minimum Gasteiger partial charge on any atom is -0.365 e. The summed E-state index contributed by atoms with van der Waals surface area (Å²) in [6, 6.07) is 5.57. The zero-order valence-corrected chi connectivity index (χ0v) is 14.9. The predicted molar refractivity (Wildman–Crippen MR) is 95.6 cm³/mol. The lowest BCUT2D eigenvalue weighted by atomic mass is 10.1. The normalized spacial score (nSPS) is 10.2. The lowest BCUT2D eigenvalue weighted by Crippen LogP contribution is -2.40. The van der Waals surface area contributed by atoms with Gasteiger partial charge in [0.1, 0.15) is 0 Å². The van der Waals surface area contributed by atoms with Crippen molar-refractivity contribution in [3.05, 3.63) is 28.7 Å². The first-order chi connectivity index (χ1) is 11.0. The minimum absolute atomic E-state index is 0.169. The molecule has 0 aliphatic heterocycles. The molecular weight excluding hydrogens is 288 g/mol. The van der Waals surface area contributed by atoms with Crippen molar-refractivity contribution < 1.29 is 4.79 Å². The molecule has 0 aromatic heterocycles. The number of anilines is 1. The fraction of sp³-hybridized carbons (Fsp3) is 0.611. The van der Waals surface area contributed by atoms with Gasteiger partial charge in [0.25, 0.3) is 0 Å². The van der Waals surface area contributed by atoms with Crippen molar-refractivity contribution in [3.8, 4) is 0 Å². The molecule has 23 heavy (non-hydrogen) atoms. The quantitative estimate of drug-likeness (QED) is 0.636. The van der Waals surface area contributed by atoms with Gasteiger partial charge in [-0.3, -0.25) is 4.79 Å². The fourth-order valence-electron chi connectivity index (χ4n) is 2.44. The molecule has 5 nitrogen and oxygen atoms in total. The van der Waals surface area contributed by atoms with Crippen LogP contribution in [-0.4, -0.2) is 37.5 Å². The van der Waals surface area contributed by atoms with Gasteiger partial charge in [-0.05, 0) is 31.9 Å². The van der Waals surface area contributed by atoms with Crippen LogP contribution >= 0.6 is 0 Å². The monoisotopic (exact) mass is 317 g/mol. The van der Waals surface area contributed by atoms with Gasteiger partial charge in [-0.25, -0.2) is 0 Å². The smallest absolute Gasteiger partial charge is 0.365 e. The van der Waals surface area contributed by atoms with E-state index in [1.807, 2.05) is 35.9 Å². The molecule has 0 aliphatic rings. The Hall–Kier alpha value is -2.09.